The Kier molecular flexibility index (Phi) is 4.29. The van der Waals surface area contributed by atoms with Gasteiger partial charge in [-0.2, -0.15) is 0 Å². The van der Waals surface area contributed by atoms with Gasteiger partial charge in [0.15, 0.2) is 5.78 Å². The molecule has 0 amide bonds. The zero-order chi connectivity index (χ0) is 14.8. The Hall–Kier alpha value is -1.35. The summed E-state index contributed by atoms with van der Waals surface area (Å²) < 4.78 is 0. The fourth-order valence-corrected chi connectivity index (χ4v) is 3.14. The minimum atomic E-state index is -0.259. The van der Waals surface area contributed by atoms with Crippen LogP contribution in [0.25, 0.3) is 0 Å². The molecule has 108 valence electrons. The number of Topliss-reactive ketones (excluding diaryl/α,β-unsaturated/α-hetero) is 1. The number of benzene rings is 2. The highest BCUT2D eigenvalue weighted by Gasteiger charge is 2.25. The molecule has 0 radical (unpaired) electrons. The molecule has 0 saturated carbocycles. The third-order valence-corrected chi connectivity index (χ3v) is 4.41. The maximum absolute atomic E-state index is 12.6. The summed E-state index contributed by atoms with van der Waals surface area (Å²) in [6.45, 7) is 0.816. The van der Waals surface area contributed by atoms with Gasteiger partial charge in [0.05, 0.1) is 6.04 Å². The Balaban J connectivity index is 1.85. The van der Waals surface area contributed by atoms with Crippen molar-refractivity contribution >= 4 is 29.0 Å². The summed E-state index contributed by atoms with van der Waals surface area (Å²) in [5.41, 5.74) is 3.10. The number of carbonyl (C=O) groups is 1. The van der Waals surface area contributed by atoms with Gasteiger partial charge in [-0.25, -0.2) is 0 Å². The monoisotopic (exact) mass is 319 g/mol. The number of hydrogen-bond acceptors (Lipinski definition) is 2. The largest absolute Gasteiger partial charge is 0.303 e. The van der Waals surface area contributed by atoms with Gasteiger partial charge in [-0.3, -0.25) is 4.79 Å². The molecule has 1 aliphatic heterocycles. The normalized spacial score (nSPS) is 17.3. The molecule has 0 aliphatic carbocycles. The van der Waals surface area contributed by atoms with Gasteiger partial charge in [-0.05, 0) is 41.3 Å². The third-order valence-electron chi connectivity index (χ3n) is 3.80. The molecule has 21 heavy (non-hydrogen) atoms. The zero-order valence-electron chi connectivity index (χ0n) is 11.4. The summed E-state index contributed by atoms with van der Waals surface area (Å²) in [6, 6.07) is 13.0. The molecule has 0 saturated heterocycles. The molecule has 0 aromatic heterocycles. The van der Waals surface area contributed by atoms with E-state index >= 15 is 0 Å². The molecule has 3 rings (SSSR count). The highest BCUT2D eigenvalue weighted by atomic mass is 35.5. The molecular weight excluding hydrogens is 305 g/mol. The molecule has 0 fully saturated rings. The highest BCUT2D eigenvalue weighted by molar-refractivity contribution is 6.33. The Morgan fingerprint density at radius 3 is 2.86 bits per heavy atom. The van der Waals surface area contributed by atoms with Crippen LogP contribution in [0, 0.1) is 0 Å². The molecule has 2 aromatic carbocycles. The molecule has 4 heteroatoms. The lowest BCUT2D eigenvalue weighted by Crippen LogP contribution is -2.35. The second-order valence-electron chi connectivity index (χ2n) is 5.21. The van der Waals surface area contributed by atoms with E-state index in [0.29, 0.717) is 10.0 Å². The maximum atomic E-state index is 12.6. The van der Waals surface area contributed by atoms with E-state index in [1.807, 2.05) is 18.2 Å². The van der Waals surface area contributed by atoms with Gasteiger partial charge in [0.25, 0.3) is 0 Å². The number of nitrogens with one attached hydrogen (secondary N) is 1. The Morgan fingerprint density at radius 2 is 2.00 bits per heavy atom. The summed E-state index contributed by atoms with van der Waals surface area (Å²) in [5.74, 6) is 0.117. The van der Waals surface area contributed by atoms with Crippen LogP contribution in [0.3, 0.4) is 0 Å². The van der Waals surface area contributed by atoms with Crippen LogP contribution in [0.2, 0.25) is 10.0 Å². The van der Waals surface area contributed by atoms with Crippen LogP contribution in [0.5, 0.6) is 0 Å². The van der Waals surface area contributed by atoms with E-state index in [4.69, 9.17) is 23.2 Å². The number of halogens is 2. The number of hydrogen-bond donors (Lipinski definition) is 1. The van der Waals surface area contributed by atoms with Crippen molar-refractivity contribution in [3.8, 4) is 0 Å². The Morgan fingerprint density at radius 1 is 1.19 bits per heavy atom. The van der Waals surface area contributed by atoms with Gasteiger partial charge in [0.1, 0.15) is 0 Å². The van der Waals surface area contributed by atoms with Crippen molar-refractivity contribution in [2.75, 3.05) is 6.54 Å². The summed E-state index contributed by atoms with van der Waals surface area (Å²) in [4.78, 5) is 12.6. The molecule has 1 atom stereocenters. The van der Waals surface area contributed by atoms with Crippen LogP contribution < -0.4 is 5.32 Å². The fraction of sp³-hybridized carbons (Fsp3) is 0.235. The standard InChI is InChI=1S/C17H15Cl2NO/c18-13-5-6-15(19)12(9-13)10-16(21)17-14-4-2-1-3-11(14)7-8-20-17/h1-6,9,17,20H,7-8,10H2. The molecule has 0 spiro atoms. The molecule has 0 bridgehead atoms. The topological polar surface area (TPSA) is 29.1 Å². The molecule has 2 nitrogen and oxygen atoms in total. The third kappa shape index (κ3) is 3.13. The van der Waals surface area contributed by atoms with Gasteiger partial charge < -0.3 is 5.32 Å². The predicted octanol–water partition coefficient (Wildman–Crippen LogP) is 3.99. The first-order chi connectivity index (χ1) is 10.1. The van der Waals surface area contributed by atoms with Crippen molar-refractivity contribution in [1.29, 1.82) is 0 Å². The number of ketones is 1. The molecule has 1 aliphatic rings. The predicted molar refractivity (Wildman–Crippen MR) is 86.1 cm³/mol. The van der Waals surface area contributed by atoms with Crippen LogP contribution in [-0.4, -0.2) is 12.3 Å². The van der Waals surface area contributed by atoms with Gasteiger partial charge >= 0.3 is 0 Å². The first kappa shape index (κ1) is 14.6. The van der Waals surface area contributed by atoms with E-state index in [2.05, 4.69) is 11.4 Å². The zero-order valence-corrected chi connectivity index (χ0v) is 12.9. The molecule has 1 heterocycles. The summed E-state index contributed by atoms with van der Waals surface area (Å²) in [6.07, 6.45) is 1.24. The van der Waals surface area contributed by atoms with Gasteiger partial charge in [0, 0.05) is 23.0 Å². The van der Waals surface area contributed by atoms with Gasteiger partial charge in [-0.15, -0.1) is 0 Å². The van der Waals surface area contributed by atoms with Crippen molar-refractivity contribution < 1.29 is 4.79 Å². The number of fused-ring (bicyclic) bond motifs is 1. The van der Waals surface area contributed by atoms with Crippen LogP contribution >= 0.6 is 23.2 Å². The summed E-state index contributed by atoms with van der Waals surface area (Å²) in [7, 11) is 0. The number of carbonyl (C=O) groups excluding carboxylic acids is 1. The number of rotatable bonds is 3. The average molecular weight is 320 g/mol. The van der Waals surface area contributed by atoms with Crippen molar-refractivity contribution in [2.24, 2.45) is 0 Å². The lowest BCUT2D eigenvalue weighted by atomic mass is 9.90. The summed E-state index contributed by atoms with van der Waals surface area (Å²) >= 11 is 12.1. The minimum absolute atomic E-state index is 0.117. The lowest BCUT2D eigenvalue weighted by molar-refractivity contribution is -0.120. The van der Waals surface area contributed by atoms with Crippen LogP contribution in [-0.2, 0) is 17.6 Å². The summed E-state index contributed by atoms with van der Waals surface area (Å²) in [5, 5.41) is 4.48. The minimum Gasteiger partial charge on any atom is -0.303 e. The maximum Gasteiger partial charge on any atom is 0.158 e. The second-order valence-corrected chi connectivity index (χ2v) is 6.06. The second kappa shape index (κ2) is 6.18. The highest BCUT2D eigenvalue weighted by Crippen LogP contribution is 2.27. The van der Waals surface area contributed by atoms with Crippen molar-refractivity contribution in [3.63, 3.8) is 0 Å². The smallest absolute Gasteiger partial charge is 0.158 e. The average Bonchev–Trinajstić information content (AvgIpc) is 2.50. The molecular formula is C17H15Cl2NO. The molecule has 1 unspecified atom stereocenters. The fourth-order valence-electron chi connectivity index (χ4n) is 2.76. The molecule has 1 N–H and O–H groups in total. The van der Waals surface area contributed by atoms with Crippen molar-refractivity contribution in [2.45, 2.75) is 18.9 Å². The van der Waals surface area contributed by atoms with Crippen molar-refractivity contribution in [1.82, 2.24) is 5.32 Å². The first-order valence-corrected chi connectivity index (χ1v) is 7.68. The first-order valence-electron chi connectivity index (χ1n) is 6.93. The lowest BCUT2D eigenvalue weighted by Gasteiger charge is -2.26. The molecule has 2 aromatic rings. The van der Waals surface area contributed by atoms with E-state index in [-0.39, 0.29) is 18.2 Å². The van der Waals surface area contributed by atoms with E-state index in [1.54, 1.807) is 18.2 Å². The van der Waals surface area contributed by atoms with Gasteiger partial charge in [0.2, 0.25) is 0 Å². The quantitative estimate of drug-likeness (QED) is 0.926. The Bertz CT molecular complexity index is 684. The van der Waals surface area contributed by atoms with E-state index in [0.717, 1.165) is 24.1 Å². The van der Waals surface area contributed by atoms with Crippen LogP contribution in [0.15, 0.2) is 42.5 Å². The van der Waals surface area contributed by atoms with Crippen LogP contribution in [0.4, 0.5) is 0 Å². The van der Waals surface area contributed by atoms with Crippen molar-refractivity contribution in [3.05, 3.63) is 69.2 Å². The SMILES string of the molecule is O=C(Cc1cc(Cl)ccc1Cl)C1NCCc2ccccc21. The Labute approximate surface area is 134 Å². The van der Waals surface area contributed by atoms with Gasteiger partial charge in [-0.1, -0.05) is 47.5 Å². The van der Waals surface area contributed by atoms with E-state index in [9.17, 15) is 4.79 Å². The van der Waals surface area contributed by atoms with E-state index in [1.165, 1.54) is 5.56 Å². The van der Waals surface area contributed by atoms with E-state index < -0.39 is 0 Å². The van der Waals surface area contributed by atoms with Crippen LogP contribution in [0.1, 0.15) is 22.7 Å².